The van der Waals surface area contributed by atoms with E-state index in [0.717, 1.165) is 50.5 Å². The Labute approximate surface area is 210 Å². The molecular weight excluding hydrogens is 440 g/mol. The van der Waals surface area contributed by atoms with Crippen LogP contribution in [0, 0.1) is 50.2 Å². The van der Waals surface area contributed by atoms with Crippen LogP contribution >= 0.6 is 0 Å². The summed E-state index contributed by atoms with van der Waals surface area (Å²) in [5, 5.41) is 32.4. The summed E-state index contributed by atoms with van der Waals surface area (Å²) in [7, 11) is 0. The van der Waals surface area contributed by atoms with Crippen molar-refractivity contribution in [1.29, 1.82) is 0 Å². The highest BCUT2D eigenvalue weighted by Gasteiger charge is 2.73. The van der Waals surface area contributed by atoms with Gasteiger partial charge in [-0.3, -0.25) is 9.59 Å². The molecular formula is C30H46O5. The van der Waals surface area contributed by atoms with Crippen molar-refractivity contribution in [2.45, 2.75) is 112 Å². The standard InChI is InChI=1S/C30H46O5/c1-25(2)13-14-29(23(32)33)15-16-30(24(34)35)18(19(29)17-25)7-8-21-27(5)11-10-22(31)26(3,4)20(27)9-12-28(21,30)6/h7,19-22,31H,8-17H2,1-6H3,(H,32,33)(H,34,35)/t19-,20?,21?,22-,27-,28+,29-,30?/m0/s1. The maximum atomic E-state index is 13.5. The minimum Gasteiger partial charge on any atom is -0.481 e. The van der Waals surface area contributed by atoms with E-state index in [1.165, 1.54) is 0 Å². The van der Waals surface area contributed by atoms with Crippen molar-refractivity contribution in [3.63, 3.8) is 0 Å². The number of aliphatic hydroxyl groups excluding tert-OH is 1. The van der Waals surface area contributed by atoms with Gasteiger partial charge < -0.3 is 15.3 Å². The Bertz CT molecular complexity index is 979. The lowest BCUT2D eigenvalue weighted by atomic mass is 9.33. The summed E-state index contributed by atoms with van der Waals surface area (Å²) in [6.07, 6.45) is 9.32. The van der Waals surface area contributed by atoms with Crippen LogP contribution in [0.5, 0.6) is 0 Å². The molecule has 0 aromatic carbocycles. The first kappa shape index (κ1) is 25.3. The third kappa shape index (κ3) is 2.97. The zero-order chi connectivity index (χ0) is 25.8. The summed E-state index contributed by atoms with van der Waals surface area (Å²) in [6, 6.07) is 0. The van der Waals surface area contributed by atoms with E-state index in [-0.39, 0.29) is 34.2 Å². The van der Waals surface area contributed by atoms with Crippen LogP contribution in [0.3, 0.4) is 0 Å². The second-order valence-electron chi connectivity index (χ2n) is 14.9. The van der Waals surface area contributed by atoms with Crippen molar-refractivity contribution in [3.05, 3.63) is 11.6 Å². The summed E-state index contributed by atoms with van der Waals surface area (Å²) in [5.41, 5.74) is -1.51. The van der Waals surface area contributed by atoms with Gasteiger partial charge in [0, 0.05) is 0 Å². The third-order valence-corrected chi connectivity index (χ3v) is 12.9. The number of fused-ring (bicyclic) bond motifs is 7. The van der Waals surface area contributed by atoms with E-state index in [2.05, 4.69) is 47.6 Å². The molecule has 0 heterocycles. The Kier molecular flexibility index (Phi) is 5.32. The van der Waals surface area contributed by atoms with E-state index in [4.69, 9.17) is 0 Å². The SMILES string of the molecule is CC1(C)CC[C@]2(C(=O)O)CCC3(C(=O)O)C(=CCC4[C@@]5(C)CC[C@H](O)C(C)(C)C5CC[C@]43C)[C@@H]2C1. The molecule has 0 aromatic rings. The average molecular weight is 487 g/mol. The molecule has 3 N–H and O–H groups in total. The minimum atomic E-state index is -0.999. The van der Waals surface area contributed by atoms with Gasteiger partial charge in [0.2, 0.25) is 0 Å². The number of allylic oxidation sites excluding steroid dienone is 1. The first-order valence-corrected chi connectivity index (χ1v) is 13.9. The highest BCUT2D eigenvalue weighted by molar-refractivity contribution is 5.84. The third-order valence-electron chi connectivity index (χ3n) is 12.9. The molecule has 5 aliphatic rings. The first-order chi connectivity index (χ1) is 16.1. The molecule has 0 aromatic heterocycles. The molecule has 0 radical (unpaired) electrons. The number of carboxylic acids is 2. The van der Waals surface area contributed by atoms with Crippen LogP contribution in [0.4, 0.5) is 0 Å². The van der Waals surface area contributed by atoms with Crippen LogP contribution < -0.4 is 0 Å². The Morgan fingerprint density at radius 2 is 1.49 bits per heavy atom. The lowest BCUT2D eigenvalue weighted by Crippen LogP contribution is -2.67. The normalized spacial score (nSPS) is 50.0. The summed E-state index contributed by atoms with van der Waals surface area (Å²) < 4.78 is 0. The van der Waals surface area contributed by atoms with Gasteiger partial charge >= 0.3 is 11.9 Å². The fourth-order valence-corrected chi connectivity index (χ4v) is 10.7. The van der Waals surface area contributed by atoms with E-state index in [1.807, 2.05) is 0 Å². The number of aliphatic hydroxyl groups is 1. The van der Waals surface area contributed by atoms with Crippen molar-refractivity contribution < 1.29 is 24.9 Å². The van der Waals surface area contributed by atoms with Gasteiger partial charge in [0.25, 0.3) is 0 Å². The molecule has 5 aliphatic carbocycles. The monoisotopic (exact) mass is 486 g/mol. The molecule has 8 atom stereocenters. The molecule has 0 aliphatic heterocycles. The molecule has 5 rings (SSSR count). The van der Waals surface area contributed by atoms with Crippen LogP contribution in [0.1, 0.15) is 106 Å². The molecule has 196 valence electrons. The van der Waals surface area contributed by atoms with Crippen molar-refractivity contribution >= 4 is 11.9 Å². The Morgan fingerprint density at radius 3 is 2.11 bits per heavy atom. The van der Waals surface area contributed by atoms with Gasteiger partial charge in [-0.05, 0) is 104 Å². The number of carboxylic acid groups (broad SMARTS) is 2. The lowest BCUT2D eigenvalue weighted by molar-refractivity contribution is -0.215. The van der Waals surface area contributed by atoms with E-state index in [0.29, 0.717) is 25.2 Å². The second-order valence-corrected chi connectivity index (χ2v) is 14.9. The molecule has 0 amide bonds. The molecule has 4 fully saturated rings. The van der Waals surface area contributed by atoms with Gasteiger partial charge in [-0.25, -0.2) is 0 Å². The van der Waals surface area contributed by atoms with Crippen molar-refractivity contribution in [2.24, 2.45) is 50.2 Å². The molecule has 0 bridgehead atoms. The number of rotatable bonds is 2. The van der Waals surface area contributed by atoms with Gasteiger partial charge in [-0.15, -0.1) is 0 Å². The van der Waals surface area contributed by atoms with Crippen LogP contribution in [0.15, 0.2) is 11.6 Å². The highest BCUT2D eigenvalue weighted by Crippen LogP contribution is 2.75. The highest BCUT2D eigenvalue weighted by atomic mass is 16.4. The minimum absolute atomic E-state index is 0.0109. The van der Waals surface area contributed by atoms with E-state index in [1.54, 1.807) is 0 Å². The zero-order valence-corrected chi connectivity index (χ0v) is 22.6. The molecule has 0 saturated heterocycles. The summed E-state index contributed by atoms with van der Waals surface area (Å²) >= 11 is 0. The fraction of sp³-hybridized carbons (Fsp3) is 0.867. The number of hydrogen-bond donors (Lipinski definition) is 3. The quantitative estimate of drug-likeness (QED) is 0.398. The van der Waals surface area contributed by atoms with Crippen molar-refractivity contribution in [1.82, 2.24) is 0 Å². The zero-order valence-electron chi connectivity index (χ0n) is 22.6. The van der Waals surface area contributed by atoms with E-state index < -0.39 is 28.2 Å². The summed E-state index contributed by atoms with van der Waals surface area (Å²) in [4.78, 5) is 26.3. The molecule has 5 nitrogen and oxygen atoms in total. The van der Waals surface area contributed by atoms with Gasteiger partial charge in [0.15, 0.2) is 0 Å². The Morgan fingerprint density at radius 1 is 0.829 bits per heavy atom. The number of hydrogen-bond acceptors (Lipinski definition) is 3. The maximum Gasteiger partial charge on any atom is 0.314 e. The summed E-state index contributed by atoms with van der Waals surface area (Å²) in [6.45, 7) is 13.4. The first-order valence-electron chi connectivity index (χ1n) is 13.9. The van der Waals surface area contributed by atoms with Gasteiger partial charge in [0.05, 0.1) is 16.9 Å². The largest absolute Gasteiger partial charge is 0.481 e. The maximum absolute atomic E-state index is 13.5. The predicted molar refractivity (Wildman–Crippen MR) is 135 cm³/mol. The van der Waals surface area contributed by atoms with Gasteiger partial charge in [-0.2, -0.15) is 0 Å². The van der Waals surface area contributed by atoms with Crippen LogP contribution in [-0.4, -0.2) is 33.4 Å². The van der Waals surface area contributed by atoms with E-state index >= 15 is 0 Å². The molecule has 3 unspecified atom stereocenters. The van der Waals surface area contributed by atoms with Gasteiger partial charge in [0.1, 0.15) is 0 Å². The average Bonchev–Trinajstić information content (AvgIpc) is 2.75. The summed E-state index contributed by atoms with van der Waals surface area (Å²) in [5.74, 6) is -1.11. The Balaban J connectivity index is 1.67. The van der Waals surface area contributed by atoms with Crippen LogP contribution in [-0.2, 0) is 9.59 Å². The molecule has 35 heavy (non-hydrogen) atoms. The number of aliphatic carboxylic acids is 2. The second kappa shape index (κ2) is 7.36. The Hall–Kier alpha value is -1.36. The predicted octanol–water partition coefficient (Wildman–Crippen LogP) is 6.30. The van der Waals surface area contributed by atoms with Crippen molar-refractivity contribution in [3.8, 4) is 0 Å². The van der Waals surface area contributed by atoms with Gasteiger partial charge in [-0.1, -0.05) is 53.2 Å². The molecule has 0 spiro atoms. The topological polar surface area (TPSA) is 94.8 Å². The number of carbonyl (C=O) groups is 2. The van der Waals surface area contributed by atoms with Crippen molar-refractivity contribution in [2.75, 3.05) is 0 Å². The van der Waals surface area contributed by atoms with E-state index in [9.17, 15) is 24.9 Å². The smallest absolute Gasteiger partial charge is 0.314 e. The molecule has 5 heteroatoms. The fourth-order valence-electron chi connectivity index (χ4n) is 10.7. The lowest BCUT2D eigenvalue weighted by Gasteiger charge is -2.70. The van der Waals surface area contributed by atoms with Crippen LogP contribution in [0.2, 0.25) is 0 Å². The van der Waals surface area contributed by atoms with Crippen LogP contribution in [0.25, 0.3) is 0 Å². The molecule has 4 saturated carbocycles.